The molecule has 2 amide bonds. The number of nitrogens with zero attached hydrogens (tertiary/aromatic N) is 1. The van der Waals surface area contributed by atoms with Gasteiger partial charge in [-0.05, 0) is 30.0 Å². The summed E-state index contributed by atoms with van der Waals surface area (Å²) in [4.78, 5) is 25.8. The molecule has 2 aromatic rings. The van der Waals surface area contributed by atoms with E-state index in [1.165, 1.54) is 7.05 Å². The average Bonchev–Trinajstić information content (AvgIpc) is 2.72. The molecule has 0 unspecified atom stereocenters. The zero-order valence-corrected chi connectivity index (χ0v) is 19.2. The summed E-state index contributed by atoms with van der Waals surface area (Å²) in [6.07, 6.45) is 1.69. The summed E-state index contributed by atoms with van der Waals surface area (Å²) in [5.74, 6) is -0.796. The normalized spacial score (nSPS) is 13.3. The fourth-order valence-electron chi connectivity index (χ4n) is 3.43. The van der Waals surface area contributed by atoms with E-state index >= 15 is 0 Å². The minimum atomic E-state index is -3.76. The van der Waals surface area contributed by atoms with Crippen LogP contribution in [-0.2, 0) is 26.0 Å². The first-order valence-electron chi connectivity index (χ1n) is 10.2. The number of nitrogens with one attached hydrogen (secondary N) is 2. The molecule has 2 N–H and O–H groups in total. The van der Waals surface area contributed by atoms with E-state index in [-0.39, 0.29) is 11.8 Å². The van der Waals surface area contributed by atoms with Crippen molar-refractivity contribution in [3.8, 4) is 0 Å². The summed E-state index contributed by atoms with van der Waals surface area (Å²) in [7, 11) is -2.25. The number of carbonyl (C=O) groups excluding carboxylic acids is 2. The molecule has 0 bridgehead atoms. The maximum Gasteiger partial charge on any atom is 0.244 e. The summed E-state index contributed by atoms with van der Waals surface area (Å²) in [6.45, 7) is 3.85. The fraction of sp³-hybridized carbons (Fsp3) is 0.391. The lowest BCUT2D eigenvalue weighted by molar-refractivity contribution is -0.129. The lowest BCUT2D eigenvalue weighted by Crippen LogP contribution is -2.55. The first-order valence-corrected chi connectivity index (χ1v) is 12.1. The van der Waals surface area contributed by atoms with Gasteiger partial charge in [0.2, 0.25) is 21.8 Å². The molecule has 7 nitrogen and oxygen atoms in total. The second kappa shape index (κ2) is 10.9. The van der Waals surface area contributed by atoms with Gasteiger partial charge < -0.3 is 10.6 Å². The Bertz CT molecular complexity index is 963. The fourth-order valence-corrected chi connectivity index (χ4v) is 4.58. The van der Waals surface area contributed by atoms with E-state index in [0.717, 1.165) is 16.1 Å². The van der Waals surface area contributed by atoms with Crippen LogP contribution in [0.5, 0.6) is 0 Å². The van der Waals surface area contributed by atoms with Crippen LogP contribution in [-0.4, -0.2) is 45.6 Å². The molecule has 0 aliphatic carbocycles. The number of anilines is 1. The zero-order chi connectivity index (χ0) is 23.0. The van der Waals surface area contributed by atoms with Crippen LogP contribution in [0.1, 0.15) is 25.8 Å². The molecule has 0 fully saturated rings. The van der Waals surface area contributed by atoms with Crippen LogP contribution < -0.4 is 14.9 Å². The SMILES string of the molecule is CNC(=O)[C@H](Cc1ccccc1)NC(=O)[C@H](CC(C)C)N(c1ccccc1)S(C)(=O)=O. The number of carbonyl (C=O) groups is 2. The van der Waals surface area contributed by atoms with Crippen molar-refractivity contribution in [1.82, 2.24) is 10.6 Å². The highest BCUT2D eigenvalue weighted by Crippen LogP contribution is 2.24. The predicted octanol–water partition coefficient (Wildman–Crippen LogP) is 2.34. The van der Waals surface area contributed by atoms with Gasteiger partial charge >= 0.3 is 0 Å². The van der Waals surface area contributed by atoms with Gasteiger partial charge in [0.25, 0.3) is 0 Å². The van der Waals surface area contributed by atoms with E-state index in [9.17, 15) is 18.0 Å². The Balaban J connectivity index is 2.38. The highest BCUT2D eigenvalue weighted by Gasteiger charge is 2.35. The first kappa shape index (κ1) is 24.4. The van der Waals surface area contributed by atoms with Crippen LogP contribution in [0.25, 0.3) is 0 Å². The smallest absolute Gasteiger partial charge is 0.244 e. The van der Waals surface area contributed by atoms with Crippen LogP contribution in [0.3, 0.4) is 0 Å². The highest BCUT2D eigenvalue weighted by atomic mass is 32.2. The number of para-hydroxylation sites is 1. The van der Waals surface area contributed by atoms with Gasteiger partial charge in [0, 0.05) is 13.5 Å². The molecule has 168 valence electrons. The van der Waals surface area contributed by atoms with Gasteiger partial charge in [-0.3, -0.25) is 13.9 Å². The van der Waals surface area contributed by atoms with Crippen molar-refractivity contribution in [3.63, 3.8) is 0 Å². The van der Waals surface area contributed by atoms with Crippen molar-refractivity contribution in [2.75, 3.05) is 17.6 Å². The summed E-state index contributed by atoms with van der Waals surface area (Å²) in [5, 5.41) is 5.36. The Morgan fingerprint density at radius 1 is 0.935 bits per heavy atom. The van der Waals surface area contributed by atoms with Gasteiger partial charge in [0.15, 0.2) is 0 Å². The molecule has 31 heavy (non-hydrogen) atoms. The summed E-state index contributed by atoms with van der Waals surface area (Å²) >= 11 is 0. The van der Waals surface area contributed by atoms with Crippen molar-refractivity contribution in [3.05, 3.63) is 66.2 Å². The second-order valence-corrected chi connectivity index (χ2v) is 9.76. The quantitative estimate of drug-likeness (QED) is 0.587. The topological polar surface area (TPSA) is 95.6 Å². The molecule has 0 radical (unpaired) electrons. The predicted molar refractivity (Wildman–Crippen MR) is 123 cm³/mol. The van der Waals surface area contributed by atoms with E-state index in [4.69, 9.17) is 0 Å². The third-order valence-corrected chi connectivity index (χ3v) is 5.99. The lowest BCUT2D eigenvalue weighted by Gasteiger charge is -2.33. The Morgan fingerprint density at radius 2 is 1.48 bits per heavy atom. The van der Waals surface area contributed by atoms with Crippen molar-refractivity contribution in [1.29, 1.82) is 0 Å². The minimum absolute atomic E-state index is 0.0521. The van der Waals surface area contributed by atoms with Crippen LogP contribution >= 0.6 is 0 Å². The third kappa shape index (κ3) is 7.10. The minimum Gasteiger partial charge on any atom is -0.357 e. The number of hydrogen-bond donors (Lipinski definition) is 2. The molecule has 0 saturated heterocycles. The summed E-state index contributed by atoms with van der Waals surface area (Å²) in [6, 6.07) is 16.1. The lowest BCUT2D eigenvalue weighted by atomic mass is 10.0. The second-order valence-electron chi connectivity index (χ2n) is 7.90. The third-order valence-electron chi connectivity index (χ3n) is 4.81. The van der Waals surface area contributed by atoms with E-state index in [2.05, 4.69) is 10.6 Å². The number of hydrogen-bond acceptors (Lipinski definition) is 4. The van der Waals surface area contributed by atoms with Crippen molar-refractivity contribution in [2.45, 2.75) is 38.8 Å². The molecule has 0 spiro atoms. The Hall–Kier alpha value is -2.87. The van der Waals surface area contributed by atoms with Crippen LogP contribution in [0, 0.1) is 5.92 Å². The summed E-state index contributed by atoms with van der Waals surface area (Å²) in [5.41, 5.74) is 1.30. The number of sulfonamides is 1. The Morgan fingerprint density at radius 3 is 1.97 bits per heavy atom. The monoisotopic (exact) mass is 445 g/mol. The molecule has 0 aromatic heterocycles. The van der Waals surface area contributed by atoms with Crippen LogP contribution in [0.4, 0.5) is 5.69 Å². The van der Waals surface area contributed by atoms with Crippen molar-refractivity contribution >= 4 is 27.5 Å². The molecular weight excluding hydrogens is 414 g/mol. The van der Waals surface area contributed by atoms with Gasteiger partial charge in [0.05, 0.1) is 11.9 Å². The molecule has 2 rings (SSSR count). The Kier molecular flexibility index (Phi) is 8.62. The molecular formula is C23H31N3O4S. The molecule has 8 heteroatoms. The average molecular weight is 446 g/mol. The first-order chi connectivity index (χ1) is 14.6. The number of likely N-dealkylation sites (N-methyl/N-ethyl adjacent to an activating group) is 1. The maximum absolute atomic E-state index is 13.4. The van der Waals surface area contributed by atoms with Crippen molar-refractivity contribution < 1.29 is 18.0 Å². The standard InChI is InChI=1S/C23H31N3O4S/c1-17(2)15-21(26(31(4,29)30)19-13-9-6-10-14-19)23(28)25-20(22(27)24-3)16-18-11-7-5-8-12-18/h5-14,17,20-21H,15-16H2,1-4H3,(H,24,27)(H,25,28)/t20-,21-/m0/s1. The zero-order valence-electron chi connectivity index (χ0n) is 18.4. The highest BCUT2D eigenvalue weighted by molar-refractivity contribution is 7.92. The van der Waals surface area contributed by atoms with Crippen LogP contribution in [0.2, 0.25) is 0 Å². The van der Waals surface area contributed by atoms with E-state index in [1.807, 2.05) is 44.2 Å². The van der Waals surface area contributed by atoms with Crippen molar-refractivity contribution in [2.24, 2.45) is 5.92 Å². The molecule has 0 aliphatic heterocycles. The molecule has 2 atom stereocenters. The van der Waals surface area contributed by atoms with Gasteiger partial charge in [-0.2, -0.15) is 0 Å². The maximum atomic E-state index is 13.4. The summed E-state index contributed by atoms with van der Waals surface area (Å²) < 4.78 is 26.5. The van der Waals surface area contributed by atoms with Gasteiger partial charge in [0.1, 0.15) is 12.1 Å². The van der Waals surface area contributed by atoms with Gasteiger partial charge in [-0.25, -0.2) is 8.42 Å². The molecule has 0 saturated carbocycles. The molecule has 0 heterocycles. The molecule has 0 aliphatic rings. The van der Waals surface area contributed by atoms with E-state index in [1.54, 1.807) is 30.3 Å². The van der Waals surface area contributed by atoms with Gasteiger partial charge in [-0.1, -0.05) is 62.4 Å². The molecule has 2 aromatic carbocycles. The number of benzene rings is 2. The number of amides is 2. The van der Waals surface area contributed by atoms with E-state index < -0.39 is 28.0 Å². The van der Waals surface area contributed by atoms with Crippen LogP contribution in [0.15, 0.2) is 60.7 Å². The number of rotatable bonds is 10. The van der Waals surface area contributed by atoms with E-state index in [0.29, 0.717) is 18.5 Å². The van der Waals surface area contributed by atoms with Gasteiger partial charge in [-0.15, -0.1) is 0 Å². The Labute approximate surface area is 184 Å². The largest absolute Gasteiger partial charge is 0.357 e.